The van der Waals surface area contributed by atoms with Crippen LogP contribution in [0.15, 0.2) is 128 Å². The second kappa shape index (κ2) is 13.6. The van der Waals surface area contributed by atoms with Crippen molar-refractivity contribution < 1.29 is 34.2 Å². The fourth-order valence-electron chi connectivity index (χ4n) is 3.37. The van der Waals surface area contributed by atoms with Crippen LogP contribution in [0.5, 0.6) is 0 Å². The van der Waals surface area contributed by atoms with Crippen molar-refractivity contribution >= 4 is 0 Å². The fraction of sp³-hybridized carbons (Fsp3) is 0. The summed E-state index contributed by atoms with van der Waals surface area (Å²) in [6.45, 7) is 0. The van der Waals surface area contributed by atoms with E-state index >= 15 is 0 Å². The minimum absolute atomic E-state index is 0. The molecule has 0 radical (unpaired) electrons. The zero-order valence-electron chi connectivity index (χ0n) is 20.3. The van der Waals surface area contributed by atoms with Gasteiger partial charge in [-0.15, -0.1) is 18.2 Å². The van der Waals surface area contributed by atoms with Crippen LogP contribution < -0.4 is 14.0 Å². The molecule has 0 amide bonds. The maximum atomic E-state index is 3.82. The van der Waals surface area contributed by atoms with Crippen molar-refractivity contribution in [2.45, 2.75) is 0 Å². The first kappa shape index (κ1) is 27.1. The van der Waals surface area contributed by atoms with Crippen LogP contribution in [0.4, 0.5) is 0 Å². The van der Waals surface area contributed by atoms with Gasteiger partial charge in [-0.05, 0) is 17.1 Å². The van der Waals surface area contributed by atoms with Crippen molar-refractivity contribution in [2.75, 3.05) is 0 Å². The van der Waals surface area contributed by atoms with E-state index in [2.05, 4.69) is 39.3 Å². The predicted molar refractivity (Wildman–Crippen MR) is 137 cm³/mol. The molecule has 3 aromatic heterocycles. The largest absolute Gasteiger partial charge is 3.00 e. The molecule has 186 valence electrons. The molecule has 37 heavy (non-hydrogen) atoms. The summed E-state index contributed by atoms with van der Waals surface area (Å²) in [6, 6.07) is 38.5. The third kappa shape index (κ3) is 7.27. The molecule has 0 unspecified atom stereocenters. The van der Waals surface area contributed by atoms with Crippen molar-refractivity contribution in [3.05, 3.63) is 168 Å². The van der Waals surface area contributed by atoms with Crippen LogP contribution >= 0.6 is 0 Å². The van der Waals surface area contributed by atoms with Crippen molar-refractivity contribution in [1.29, 1.82) is 0 Å². The average Bonchev–Trinajstić information content (AvgIpc) is 3.67. The van der Waals surface area contributed by atoms with Crippen LogP contribution in [-0.2, 0) is 20.1 Å². The molecule has 0 fully saturated rings. The number of rotatable bonds is 3. The first-order valence-electron chi connectivity index (χ1n) is 11.3. The number of hydrogen-bond donors (Lipinski definition) is 0. The molecule has 6 aromatic rings. The van der Waals surface area contributed by atoms with E-state index < -0.39 is 0 Å². The molecular weight excluding hydrogens is 637 g/mol. The SMILES string of the molecule is [CH2-][n+]1cccn1-c1[c-]cccc1.[CH2-][n+]1cccn1-c1[c-]cccc1.[CH2-][n+]1cccn1-c1[c-]cccc1.[Ir+3]. The molecule has 3 aromatic carbocycles. The molecule has 3 heterocycles. The van der Waals surface area contributed by atoms with Gasteiger partial charge < -0.3 is 0 Å². The van der Waals surface area contributed by atoms with Gasteiger partial charge >= 0.3 is 20.1 Å². The average molecular weight is 664 g/mol. The van der Waals surface area contributed by atoms with E-state index in [-0.39, 0.29) is 20.1 Å². The van der Waals surface area contributed by atoms with Gasteiger partial charge in [0, 0.05) is 21.1 Å². The van der Waals surface area contributed by atoms with Gasteiger partial charge in [0.15, 0.2) is 0 Å². The summed E-state index contributed by atoms with van der Waals surface area (Å²) in [5.41, 5.74) is 2.99. The van der Waals surface area contributed by atoms with Crippen LogP contribution in [0.3, 0.4) is 0 Å². The van der Waals surface area contributed by atoms with E-state index in [0.29, 0.717) is 0 Å². The Morgan fingerprint density at radius 3 is 0.946 bits per heavy atom. The Hall–Kier alpha value is -4.45. The van der Waals surface area contributed by atoms with E-state index in [9.17, 15) is 0 Å². The first-order valence-corrected chi connectivity index (χ1v) is 11.3. The molecular formula is C30H27IrN6. The minimum Gasteiger partial charge on any atom is -0.244 e. The van der Waals surface area contributed by atoms with Gasteiger partial charge in [0.05, 0.1) is 37.2 Å². The third-order valence-electron chi connectivity index (χ3n) is 5.10. The second-order valence-electron chi connectivity index (χ2n) is 7.57. The van der Waals surface area contributed by atoms with Crippen LogP contribution in [0.25, 0.3) is 17.1 Å². The topological polar surface area (TPSA) is 26.4 Å². The van der Waals surface area contributed by atoms with Crippen LogP contribution in [0.2, 0.25) is 0 Å². The summed E-state index contributed by atoms with van der Waals surface area (Å²) in [5, 5.41) is 0. The Labute approximate surface area is 232 Å². The molecule has 0 atom stereocenters. The van der Waals surface area contributed by atoms with E-state index in [0.717, 1.165) is 17.1 Å². The van der Waals surface area contributed by atoms with Gasteiger partial charge in [0.2, 0.25) is 0 Å². The number of benzene rings is 3. The number of nitrogens with zero attached hydrogens (tertiary/aromatic N) is 6. The molecule has 0 spiro atoms. The van der Waals surface area contributed by atoms with Crippen LogP contribution in [0, 0.1) is 39.3 Å². The molecule has 0 aliphatic rings. The molecule has 0 bridgehead atoms. The Kier molecular flexibility index (Phi) is 9.97. The van der Waals surface area contributed by atoms with Gasteiger partial charge in [-0.3, -0.25) is 0 Å². The van der Waals surface area contributed by atoms with Crippen molar-refractivity contribution in [2.24, 2.45) is 0 Å². The molecule has 0 aliphatic heterocycles. The van der Waals surface area contributed by atoms with Gasteiger partial charge in [-0.25, -0.2) is 14.0 Å². The van der Waals surface area contributed by atoms with Crippen LogP contribution in [0.1, 0.15) is 0 Å². The Balaban J connectivity index is 0.000000152. The second-order valence-corrected chi connectivity index (χ2v) is 7.57. The number of para-hydroxylation sites is 3. The fourth-order valence-corrected chi connectivity index (χ4v) is 3.37. The Morgan fingerprint density at radius 2 is 0.757 bits per heavy atom. The van der Waals surface area contributed by atoms with Crippen molar-refractivity contribution in [3.63, 3.8) is 0 Å². The molecule has 6 rings (SSSR count). The monoisotopic (exact) mass is 664 g/mol. The van der Waals surface area contributed by atoms with Crippen molar-refractivity contribution in [3.8, 4) is 17.1 Å². The molecule has 0 saturated heterocycles. The van der Waals surface area contributed by atoms with E-state index in [1.165, 1.54) is 0 Å². The molecule has 0 saturated carbocycles. The summed E-state index contributed by atoms with van der Waals surface area (Å²) in [6.07, 6.45) is 11.5. The standard InChI is InChI=1S/3C10H9N2.Ir/c3*1-11-8-5-9-12(11)10-6-3-2-4-7-10;/h3*2-6,8-9H,1H2;/q3*-1;+3. The zero-order chi connectivity index (χ0) is 25.2. The quantitative estimate of drug-likeness (QED) is 0.205. The Bertz CT molecular complexity index is 1270. The molecule has 0 N–H and O–H groups in total. The summed E-state index contributed by atoms with van der Waals surface area (Å²) >= 11 is 0. The summed E-state index contributed by atoms with van der Waals surface area (Å²) in [5.74, 6) is 0. The summed E-state index contributed by atoms with van der Waals surface area (Å²) in [4.78, 5) is 0. The minimum atomic E-state index is 0. The normalized spacial score (nSPS) is 9.73. The first-order chi connectivity index (χ1) is 17.6. The Morgan fingerprint density at radius 1 is 0.459 bits per heavy atom. The summed E-state index contributed by atoms with van der Waals surface area (Å²) < 4.78 is 11.0. The maximum Gasteiger partial charge on any atom is 3.00 e. The van der Waals surface area contributed by atoms with Gasteiger partial charge in [-0.2, -0.15) is 86.8 Å². The number of hydrogen-bond acceptors (Lipinski definition) is 0. The third-order valence-corrected chi connectivity index (χ3v) is 5.10. The van der Waals surface area contributed by atoms with E-state index in [1.807, 2.05) is 142 Å². The smallest absolute Gasteiger partial charge is 0.244 e. The predicted octanol–water partition coefficient (Wildman–Crippen LogP) is 3.61. The van der Waals surface area contributed by atoms with Crippen LogP contribution in [-0.4, -0.2) is 14.0 Å². The molecule has 0 aliphatic carbocycles. The summed E-state index contributed by atoms with van der Waals surface area (Å²) in [7, 11) is 11.4. The van der Waals surface area contributed by atoms with E-state index in [4.69, 9.17) is 0 Å². The van der Waals surface area contributed by atoms with Gasteiger partial charge in [-0.1, -0.05) is 18.2 Å². The molecule has 6 nitrogen and oxygen atoms in total. The zero-order valence-corrected chi connectivity index (χ0v) is 22.7. The number of aromatic nitrogens is 6. The van der Waals surface area contributed by atoms with Crippen molar-refractivity contribution in [1.82, 2.24) is 14.0 Å². The van der Waals surface area contributed by atoms with E-state index in [1.54, 1.807) is 14.0 Å². The maximum absolute atomic E-state index is 3.82. The van der Waals surface area contributed by atoms with Gasteiger partial charge in [0.1, 0.15) is 0 Å². The van der Waals surface area contributed by atoms with Gasteiger partial charge in [0.25, 0.3) is 0 Å². The molecule has 7 heteroatoms.